The second-order valence-corrected chi connectivity index (χ2v) is 5.04. The number of rotatable bonds is 5. The minimum Gasteiger partial charge on any atom is -0.354 e. The molecule has 2 aromatic heterocycles. The third kappa shape index (κ3) is 2.22. The number of nitrogens with zero attached hydrogens (tertiary/aromatic N) is 3. The molecule has 0 radical (unpaired) electrons. The molecule has 116 valence electrons. The van der Waals surface area contributed by atoms with Gasteiger partial charge in [-0.15, -0.1) is 0 Å². The average molecular weight is 303 g/mol. The van der Waals surface area contributed by atoms with Gasteiger partial charge in [-0.2, -0.15) is 5.10 Å². The Morgan fingerprint density at radius 3 is 2.95 bits per heavy atom. The molecule has 0 aliphatic carbocycles. The first-order valence-corrected chi connectivity index (χ1v) is 7.08. The highest BCUT2D eigenvalue weighted by Crippen LogP contribution is 2.27. The summed E-state index contributed by atoms with van der Waals surface area (Å²) < 4.78 is 0. The highest BCUT2D eigenvalue weighted by Gasteiger charge is 2.37. The van der Waals surface area contributed by atoms with Gasteiger partial charge < -0.3 is 5.32 Å². The number of aromatic amines is 1. The predicted octanol–water partition coefficient (Wildman–Crippen LogP) is 0.716. The molecule has 1 aliphatic heterocycles. The topological polar surface area (TPSA) is 108 Å². The molecule has 0 unspecified atom stereocenters. The Morgan fingerprint density at radius 1 is 1.36 bits per heavy atom. The van der Waals surface area contributed by atoms with E-state index in [-0.39, 0.29) is 37.8 Å². The summed E-state index contributed by atoms with van der Waals surface area (Å²) in [7, 11) is 0. The number of H-pyrrole nitrogens is 1. The Kier molecular flexibility index (Phi) is 3.58. The van der Waals surface area contributed by atoms with Crippen molar-refractivity contribution in [3.63, 3.8) is 0 Å². The molecule has 0 bridgehead atoms. The van der Waals surface area contributed by atoms with Crippen LogP contribution >= 0.6 is 0 Å². The van der Waals surface area contributed by atoms with Crippen LogP contribution in [-0.4, -0.2) is 50.9 Å². The van der Waals surface area contributed by atoms with Gasteiger partial charge in [0.05, 0.1) is 22.7 Å². The third-order valence-corrected chi connectivity index (χ3v) is 3.55. The molecule has 8 heteroatoms. The smallest absolute Gasteiger partial charge is 0.263 e. The van der Waals surface area contributed by atoms with Gasteiger partial charge in [-0.05, 0) is 6.42 Å². The lowest BCUT2D eigenvalue weighted by Crippen LogP contribution is -2.38. The van der Waals surface area contributed by atoms with E-state index in [0.29, 0.717) is 23.0 Å². The van der Waals surface area contributed by atoms with Gasteiger partial charge in [-0.25, -0.2) is 4.98 Å². The summed E-state index contributed by atoms with van der Waals surface area (Å²) in [6.07, 6.45) is 4.05. The zero-order chi connectivity index (χ0) is 15.7. The molecule has 0 spiro atoms. The Balaban J connectivity index is 0.00000192. The Morgan fingerprint density at radius 2 is 2.18 bits per heavy atom. The summed E-state index contributed by atoms with van der Waals surface area (Å²) in [4.78, 5) is 41.4. The van der Waals surface area contributed by atoms with Crippen LogP contribution in [0, 0.1) is 0 Å². The summed E-state index contributed by atoms with van der Waals surface area (Å²) in [5.41, 5.74) is 1.07. The van der Waals surface area contributed by atoms with Gasteiger partial charge in [0.25, 0.3) is 11.8 Å². The third-order valence-electron chi connectivity index (χ3n) is 3.55. The van der Waals surface area contributed by atoms with Crippen molar-refractivity contribution in [2.24, 2.45) is 0 Å². The van der Waals surface area contributed by atoms with Crippen molar-refractivity contribution < 1.29 is 15.8 Å². The van der Waals surface area contributed by atoms with E-state index in [1.165, 1.54) is 12.4 Å². The number of pyridine rings is 1. The lowest BCUT2D eigenvalue weighted by atomic mass is 10.1. The van der Waals surface area contributed by atoms with E-state index in [0.717, 1.165) is 11.3 Å². The highest BCUT2D eigenvalue weighted by atomic mass is 16.2. The molecule has 0 fully saturated rings. The van der Waals surface area contributed by atoms with E-state index in [1.54, 1.807) is 0 Å². The van der Waals surface area contributed by atoms with Crippen molar-refractivity contribution in [3.8, 4) is 0 Å². The number of imide groups is 1. The quantitative estimate of drug-likeness (QED) is 0.791. The molecular weight excluding hydrogens is 286 g/mol. The molecule has 3 rings (SSSR count). The SMILES string of the molecule is CCCC(=O)NCCN1C(=O)c2cnc3[nH]ncc3c2C1=O.[HH]. The summed E-state index contributed by atoms with van der Waals surface area (Å²) in [6, 6.07) is 0. The van der Waals surface area contributed by atoms with Crippen molar-refractivity contribution in [1.82, 2.24) is 25.4 Å². The second-order valence-electron chi connectivity index (χ2n) is 5.04. The summed E-state index contributed by atoms with van der Waals surface area (Å²) in [6.45, 7) is 2.29. The molecule has 0 saturated heterocycles. The van der Waals surface area contributed by atoms with Gasteiger partial charge in [0, 0.05) is 27.1 Å². The lowest BCUT2D eigenvalue weighted by molar-refractivity contribution is -0.121. The van der Waals surface area contributed by atoms with Crippen LogP contribution in [0.15, 0.2) is 12.4 Å². The number of aromatic nitrogens is 3. The molecule has 1 aliphatic rings. The molecule has 8 nitrogen and oxygen atoms in total. The fourth-order valence-corrected chi connectivity index (χ4v) is 2.49. The summed E-state index contributed by atoms with van der Waals surface area (Å²) in [5, 5.41) is 9.74. The molecule has 0 aromatic carbocycles. The first kappa shape index (κ1) is 14.2. The van der Waals surface area contributed by atoms with Crippen molar-refractivity contribution in [3.05, 3.63) is 23.5 Å². The maximum absolute atomic E-state index is 12.4. The zero-order valence-corrected chi connectivity index (χ0v) is 12.0. The molecule has 3 heterocycles. The van der Waals surface area contributed by atoms with Crippen molar-refractivity contribution in [2.45, 2.75) is 19.8 Å². The Labute approximate surface area is 127 Å². The van der Waals surface area contributed by atoms with Gasteiger partial charge >= 0.3 is 0 Å². The van der Waals surface area contributed by atoms with Crippen LogP contribution in [0.25, 0.3) is 11.0 Å². The van der Waals surface area contributed by atoms with Crippen LogP contribution in [0.1, 0.15) is 41.9 Å². The van der Waals surface area contributed by atoms with E-state index >= 15 is 0 Å². The van der Waals surface area contributed by atoms with Crippen molar-refractivity contribution in [2.75, 3.05) is 13.1 Å². The van der Waals surface area contributed by atoms with E-state index in [4.69, 9.17) is 0 Å². The monoisotopic (exact) mass is 303 g/mol. The average Bonchev–Trinajstić information content (AvgIpc) is 3.05. The van der Waals surface area contributed by atoms with Crippen molar-refractivity contribution in [1.29, 1.82) is 0 Å². The van der Waals surface area contributed by atoms with Crippen LogP contribution in [0.4, 0.5) is 0 Å². The number of amides is 3. The molecule has 2 aromatic rings. The molecule has 3 amide bonds. The van der Waals surface area contributed by atoms with Crippen LogP contribution < -0.4 is 5.32 Å². The van der Waals surface area contributed by atoms with Gasteiger partial charge in [0.1, 0.15) is 0 Å². The molecule has 0 atom stereocenters. The van der Waals surface area contributed by atoms with Gasteiger partial charge in [0.15, 0.2) is 5.65 Å². The summed E-state index contributed by atoms with van der Waals surface area (Å²) in [5.74, 6) is -0.850. The lowest BCUT2D eigenvalue weighted by Gasteiger charge is -2.14. The largest absolute Gasteiger partial charge is 0.354 e. The van der Waals surface area contributed by atoms with Gasteiger partial charge in [0.2, 0.25) is 5.91 Å². The van der Waals surface area contributed by atoms with Gasteiger partial charge in [-0.3, -0.25) is 24.4 Å². The standard InChI is InChI=1S/C14H15N5O3.H2/c1-2-3-10(20)15-4-5-19-13(21)9-6-16-12-8(7-17-18-12)11(9)14(19)22;/h6-7H,2-5H2,1H3,(H,15,20)(H,16,17,18);1H. The van der Waals surface area contributed by atoms with Crippen LogP contribution in [0.3, 0.4) is 0 Å². The first-order chi connectivity index (χ1) is 10.6. The molecule has 2 N–H and O–H groups in total. The van der Waals surface area contributed by atoms with E-state index < -0.39 is 0 Å². The number of nitrogens with one attached hydrogen (secondary N) is 2. The summed E-state index contributed by atoms with van der Waals surface area (Å²) >= 11 is 0. The normalized spacial score (nSPS) is 13.8. The predicted molar refractivity (Wildman–Crippen MR) is 79.3 cm³/mol. The van der Waals surface area contributed by atoms with Crippen LogP contribution in [-0.2, 0) is 4.79 Å². The minimum absolute atomic E-state index is 0. The van der Waals surface area contributed by atoms with Crippen LogP contribution in [0.2, 0.25) is 0 Å². The molecule has 22 heavy (non-hydrogen) atoms. The highest BCUT2D eigenvalue weighted by molar-refractivity contribution is 6.25. The van der Waals surface area contributed by atoms with E-state index in [2.05, 4.69) is 20.5 Å². The Hall–Kier alpha value is -2.77. The maximum atomic E-state index is 12.4. The van der Waals surface area contributed by atoms with Gasteiger partial charge in [-0.1, -0.05) is 6.92 Å². The zero-order valence-electron chi connectivity index (χ0n) is 12.0. The fourth-order valence-electron chi connectivity index (χ4n) is 2.49. The number of hydrogen-bond acceptors (Lipinski definition) is 5. The molecule has 0 saturated carbocycles. The Bertz CT molecular complexity index is 773. The first-order valence-electron chi connectivity index (χ1n) is 7.08. The maximum Gasteiger partial charge on any atom is 0.263 e. The number of carbonyl (C=O) groups is 3. The van der Waals surface area contributed by atoms with E-state index in [1.807, 2.05) is 6.92 Å². The second kappa shape index (κ2) is 5.55. The number of fused-ring (bicyclic) bond motifs is 3. The number of carbonyl (C=O) groups excluding carboxylic acids is 3. The number of hydrogen-bond donors (Lipinski definition) is 2. The van der Waals surface area contributed by atoms with Crippen LogP contribution in [0.5, 0.6) is 0 Å². The fraction of sp³-hybridized carbons (Fsp3) is 0.357. The van der Waals surface area contributed by atoms with E-state index in [9.17, 15) is 14.4 Å². The van der Waals surface area contributed by atoms with Crippen molar-refractivity contribution >= 4 is 28.8 Å². The molecular formula is C14H17N5O3. The minimum atomic E-state index is -0.389.